The lowest BCUT2D eigenvalue weighted by atomic mass is 9.91. The highest BCUT2D eigenvalue weighted by Crippen LogP contribution is 2.47. The number of hydrogen-bond acceptors (Lipinski definition) is 4. The summed E-state index contributed by atoms with van der Waals surface area (Å²) in [6.45, 7) is 4.67. The Bertz CT molecular complexity index is 1160. The fraction of sp³-hybridized carbons (Fsp3) is 0.536. The lowest BCUT2D eigenvalue weighted by molar-refractivity contribution is -0.107. The molecule has 2 aliphatic carbocycles. The van der Waals surface area contributed by atoms with Gasteiger partial charge in [0.25, 0.3) is 5.91 Å². The molecular formula is C28H32Cl2F2N2O2S. The number of nitrogens with one attached hydrogen (secondary N) is 1. The van der Waals surface area contributed by atoms with Crippen molar-refractivity contribution in [3.63, 3.8) is 0 Å². The van der Waals surface area contributed by atoms with Gasteiger partial charge in [-0.15, -0.1) is 0 Å². The highest BCUT2D eigenvalue weighted by atomic mass is 35.5. The van der Waals surface area contributed by atoms with E-state index in [0.29, 0.717) is 21.5 Å². The predicted molar refractivity (Wildman–Crippen MR) is 146 cm³/mol. The molecule has 3 aliphatic rings. The third-order valence-corrected chi connectivity index (χ3v) is 9.15. The topological polar surface area (TPSA) is 41.6 Å². The van der Waals surface area contributed by atoms with Crippen LogP contribution in [0.1, 0.15) is 85.0 Å². The smallest absolute Gasteiger partial charge is 0.264 e. The number of alkyl halides is 1. The van der Waals surface area contributed by atoms with Crippen LogP contribution in [0.15, 0.2) is 30.3 Å². The second-order valence-electron chi connectivity index (χ2n) is 11.0. The van der Waals surface area contributed by atoms with Gasteiger partial charge in [-0.05, 0) is 104 Å². The van der Waals surface area contributed by atoms with E-state index in [2.05, 4.69) is 23.5 Å². The van der Waals surface area contributed by atoms with Gasteiger partial charge >= 0.3 is 0 Å². The first-order valence-electron chi connectivity index (χ1n) is 12.9. The molecule has 1 amide bonds. The summed E-state index contributed by atoms with van der Waals surface area (Å²) in [5.74, 6) is -0.681. The molecule has 37 heavy (non-hydrogen) atoms. The van der Waals surface area contributed by atoms with Gasteiger partial charge in [-0.25, -0.2) is 8.78 Å². The van der Waals surface area contributed by atoms with Crippen molar-refractivity contribution in [1.82, 2.24) is 9.62 Å². The second-order valence-corrected chi connectivity index (χ2v) is 13.2. The second kappa shape index (κ2) is 10.6. The summed E-state index contributed by atoms with van der Waals surface area (Å²) in [6.07, 6.45) is 4.90. The Kier molecular flexibility index (Phi) is 7.83. The van der Waals surface area contributed by atoms with E-state index in [1.54, 1.807) is 12.1 Å². The number of ether oxygens (including phenoxy) is 1. The lowest BCUT2D eigenvalue weighted by Crippen LogP contribution is -2.62. The van der Waals surface area contributed by atoms with Crippen LogP contribution in [-0.2, 0) is 11.3 Å². The number of hydrogen-bond donors (Lipinski definition) is 1. The van der Waals surface area contributed by atoms with Crippen LogP contribution in [0.4, 0.5) is 8.78 Å². The third-order valence-electron chi connectivity index (χ3n) is 7.52. The monoisotopic (exact) mass is 568 g/mol. The molecular weight excluding hydrogens is 537 g/mol. The summed E-state index contributed by atoms with van der Waals surface area (Å²) >= 11 is 13.7. The van der Waals surface area contributed by atoms with Crippen molar-refractivity contribution in [3.8, 4) is 0 Å². The van der Waals surface area contributed by atoms with Gasteiger partial charge in [-0.1, -0.05) is 30.1 Å². The normalized spacial score (nSPS) is 20.8. The van der Waals surface area contributed by atoms with Crippen LogP contribution in [0.3, 0.4) is 0 Å². The van der Waals surface area contributed by atoms with Crippen LogP contribution in [0.25, 0.3) is 0 Å². The van der Waals surface area contributed by atoms with Crippen LogP contribution in [-0.4, -0.2) is 40.9 Å². The molecule has 2 aromatic rings. The Morgan fingerprint density at radius 2 is 1.86 bits per heavy atom. The van der Waals surface area contributed by atoms with Crippen molar-refractivity contribution in [1.29, 1.82) is 0 Å². The van der Waals surface area contributed by atoms with Gasteiger partial charge in [0.2, 0.25) is 0 Å². The van der Waals surface area contributed by atoms with Crippen LogP contribution >= 0.6 is 35.1 Å². The predicted octanol–water partition coefficient (Wildman–Crippen LogP) is 7.63. The zero-order valence-electron chi connectivity index (χ0n) is 21.1. The summed E-state index contributed by atoms with van der Waals surface area (Å²) in [7, 11) is 0. The minimum absolute atomic E-state index is 0.0231. The minimum atomic E-state index is -1.47. The highest BCUT2D eigenvalue weighted by molar-refractivity contribution is 7.99. The molecule has 1 heterocycles. The fourth-order valence-corrected chi connectivity index (χ4v) is 6.31. The van der Waals surface area contributed by atoms with Crippen LogP contribution < -0.4 is 4.72 Å². The van der Waals surface area contributed by atoms with E-state index in [1.807, 2.05) is 12.1 Å². The van der Waals surface area contributed by atoms with Crippen molar-refractivity contribution in [3.05, 3.63) is 68.4 Å². The Labute approximate surface area is 231 Å². The maximum absolute atomic E-state index is 15.4. The SMILES string of the molecule is CCC(c1cc(Cl)cc(Cl)c1)N1CC(F)(COCc2cc(F)c(C(=O)NSC3(C)CC3)cc2C2CC2)C1. The molecule has 1 atom stereocenters. The Balaban J connectivity index is 1.18. The van der Waals surface area contributed by atoms with Crippen LogP contribution in [0, 0.1) is 5.82 Å². The zero-order valence-corrected chi connectivity index (χ0v) is 23.4. The van der Waals surface area contributed by atoms with Crippen molar-refractivity contribution in [2.45, 2.75) is 74.9 Å². The lowest BCUT2D eigenvalue weighted by Gasteiger charge is -2.48. The van der Waals surface area contributed by atoms with Crippen molar-refractivity contribution in [2.24, 2.45) is 0 Å². The Morgan fingerprint density at radius 3 is 2.46 bits per heavy atom. The van der Waals surface area contributed by atoms with E-state index in [1.165, 1.54) is 18.0 Å². The first-order chi connectivity index (χ1) is 17.6. The van der Waals surface area contributed by atoms with E-state index < -0.39 is 17.4 Å². The van der Waals surface area contributed by atoms with Gasteiger partial charge in [-0.2, -0.15) is 0 Å². The molecule has 9 heteroatoms. The molecule has 2 aromatic carbocycles. The van der Waals surface area contributed by atoms with Crippen molar-refractivity contribution in [2.75, 3.05) is 19.7 Å². The molecule has 0 spiro atoms. The number of amides is 1. The van der Waals surface area contributed by atoms with Gasteiger partial charge in [0, 0.05) is 33.9 Å². The first-order valence-corrected chi connectivity index (χ1v) is 14.4. The zero-order chi connectivity index (χ0) is 26.4. The standard InChI is InChI=1S/C28H32Cl2F2N2O2S/c1-3-25(18-8-20(29)11-21(30)9-18)34-14-28(32,15-34)16-36-13-19-10-24(31)23(12-22(19)17-4-5-17)26(35)33-37-27(2)6-7-27/h8-12,17,25H,3-7,13-16H2,1-2H3,(H,33,35). The fourth-order valence-electron chi connectivity index (χ4n) is 5.02. The molecule has 200 valence electrons. The van der Waals surface area contributed by atoms with E-state index >= 15 is 4.39 Å². The summed E-state index contributed by atoms with van der Waals surface area (Å²) in [5.41, 5.74) is 1.19. The average molecular weight is 570 g/mol. The summed E-state index contributed by atoms with van der Waals surface area (Å²) < 4.78 is 39.0. The number of carbonyl (C=O) groups excluding carboxylic acids is 1. The van der Waals surface area contributed by atoms with E-state index in [0.717, 1.165) is 43.2 Å². The first kappa shape index (κ1) is 27.2. The van der Waals surface area contributed by atoms with Gasteiger partial charge in [0.05, 0.1) is 18.8 Å². The maximum Gasteiger partial charge on any atom is 0.264 e. The quantitative estimate of drug-likeness (QED) is 0.283. The van der Waals surface area contributed by atoms with Crippen molar-refractivity contribution >= 4 is 41.1 Å². The number of carbonyl (C=O) groups is 1. The molecule has 1 saturated heterocycles. The Hall–Kier alpha value is -1.38. The average Bonchev–Trinajstić information content (AvgIpc) is 3.74. The third kappa shape index (κ3) is 6.44. The van der Waals surface area contributed by atoms with Crippen LogP contribution in [0.2, 0.25) is 10.0 Å². The number of nitrogens with zero attached hydrogens (tertiary/aromatic N) is 1. The Morgan fingerprint density at radius 1 is 1.19 bits per heavy atom. The van der Waals surface area contributed by atoms with Gasteiger partial charge in [0.1, 0.15) is 5.82 Å². The molecule has 1 unspecified atom stereocenters. The summed E-state index contributed by atoms with van der Waals surface area (Å²) in [4.78, 5) is 14.7. The minimum Gasteiger partial charge on any atom is -0.373 e. The van der Waals surface area contributed by atoms with Crippen LogP contribution in [0.5, 0.6) is 0 Å². The van der Waals surface area contributed by atoms with E-state index in [4.69, 9.17) is 27.9 Å². The van der Waals surface area contributed by atoms with Crippen molar-refractivity contribution < 1.29 is 18.3 Å². The molecule has 0 aromatic heterocycles. The number of halogens is 4. The molecule has 1 aliphatic heterocycles. The molecule has 4 nitrogen and oxygen atoms in total. The molecule has 1 N–H and O–H groups in total. The van der Waals surface area contributed by atoms with E-state index in [-0.39, 0.29) is 42.7 Å². The number of likely N-dealkylation sites (tertiary alicyclic amines) is 1. The maximum atomic E-state index is 15.4. The highest BCUT2D eigenvalue weighted by Gasteiger charge is 2.46. The molecule has 0 bridgehead atoms. The molecule has 0 radical (unpaired) electrons. The molecule has 5 rings (SSSR count). The number of rotatable bonds is 11. The van der Waals surface area contributed by atoms with Gasteiger partial charge < -0.3 is 4.74 Å². The van der Waals surface area contributed by atoms with Gasteiger partial charge in [0.15, 0.2) is 5.67 Å². The molecule has 2 saturated carbocycles. The molecule has 3 fully saturated rings. The largest absolute Gasteiger partial charge is 0.373 e. The van der Waals surface area contributed by atoms with E-state index in [9.17, 15) is 9.18 Å². The summed E-state index contributed by atoms with van der Waals surface area (Å²) in [5, 5.41) is 1.13. The number of benzene rings is 2. The summed E-state index contributed by atoms with van der Waals surface area (Å²) in [6, 6.07) is 8.51. The van der Waals surface area contributed by atoms with Gasteiger partial charge in [-0.3, -0.25) is 14.4 Å².